The van der Waals surface area contributed by atoms with Crippen molar-refractivity contribution in [3.05, 3.63) is 29.8 Å². The minimum absolute atomic E-state index is 0.0761. The number of amides is 2. The highest BCUT2D eigenvalue weighted by Crippen LogP contribution is 2.14. The van der Waals surface area contributed by atoms with Crippen molar-refractivity contribution < 1.29 is 24.6 Å². The van der Waals surface area contributed by atoms with Crippen molar-refractivity contribution in [3.63, 3.8) is 0 Å². The second kappa shape index (κ2) is 10.1. The number of carbonyl (C=O) groups excluding carboxylic acids is 2. The number of carboxylic acid groups (broad SMARTS) is 1. The average molecular weight is 391 g/mol. The fourth-order valence-electron chi connectivity index (χ4n) is 3.19. The summed E-state index contributed by atoms with van der Waals surface area (Å²) in [5, 5.41) is 27.3. The van der Waals surface area contributed by atoms with Crippen LogP contribution in [0, 0.1) is 5.92 Å². The molecule has 154 valence electrons. The lowest BCUT2D eigenvalue weighted by atomic mass is 9.97. The van der Waals surface area contributed by atoms with E-state index in [-0.39, 0.29) is 30.0 Å². The molecule has 28 heavy (non-hydrogen) atoms. The predicted octanol–water partition coefficient (Wildman–Crippen LogP) is 0.787. The highest BCUT2D eigenvalue weighted by Gasteiger charge is 2.32. The molecule has 0 unspecified atom stereocenters. The summed E-state index contributed by atoms with van der Waals surface area (Å²) in [5.74, 6) is -1.96. The molecule has 0 spiro atoms. The normalized spacial score (nSPS) is 19.4. The molecule has 0 aromatic heterocycles. The molecule has 0 bridgehead atoms. The molecule has 1 aliphatic heterocycles. The second-order valence-electron chi connectivity index (χ2n) is 7.29. The summed E-state index contributed by atoms with van der Waals surface area (Å²) in [5.41, 5.74) is 0.671. The van der Waals surface area contributed by atoms with Crippen molar-refractivity contribution in [2.45, 2.75) is 57.7 Å². The van der Waals surface area contributed by atoms with Crippen molar-refractivity contribution in [1.82, 2.24) is 16.0 Å². The van der Waals surface area contributed by atoms with Crippen LogP contribution >= 0.6 is 0 Å². The smallest absolute Gasteiger partial charge is 0.326 e. The molecule has 8 nitrogen and oxygen atoms in total. The zero-order valence-electron chi connectivity index (χ0n) is 16.3. The standard InChI is InChI=1S/C20H29N3O5/c1-3-12(2)17(23-18(25)15-5-4-10-21-15)19(26)22-16(20(27)28)11-13-6-8-14(24)9-7-13/h6-9,12,15-17,21,24H,3-5,10-11H2,1-2H3,(H,22,26)(H,23,25)(H,27,28)/t12-,15-,16-,17-/m0/s1. The van der Waals surface area contributed by atoms with E-state index in [1.54, 1.807) is 12.1 Å². The van der Waals surface area contributed by atoms with Gasteiger partial charge in [0.25, 0.3) is 0 Å². The van der Waals surface area contributed by atoms with Gasteiger partial charge in [-0.15, -0.1) is 0 Å². The second-order valence-corrected chi connectivity index (χ2v) is 7.29. The third-order valence-electron chi connectivity index (χ3n) is 5.16. The maximum atomic E-state index is 12.8. The van der Waals surface area contributed by atoms with Crippen LogP contribution in [0.5, 0.6) is 5.75 Å². The van der Waals surface area contributed by atoms with Crippen LogP contribution < -0.4 is 16.0 Å². The lowest BCUT2D eigenvalue weighted by Crippen LogP contribution is -2.56. The van der Waals surface area contributed by atoms with Gasteiger partial charge in [0.15, 0.2) is 0 Å². The van der Waals surface area contributed by atoms with Gasteiger partial charge in [-0.1, -0.05) is 32.4 Å². The van der Waals surface area contributed by atoms with Crippen LogP contribution in [0.2, 0.25) is 0 Å². The lowest BCUT2D eigenvalue weighted by Gasteiger charge is -2.26. The number of rotatable bonds is 9. The average Bonchev–Trinajstić information content (AvgIpc) is 3.21. The van der Waals surface area contributed by atoms with Gasteiger partial charge in [0.05, 0.1) is 6.04 Å². The molecular weight excluding hydrogens is 362 g/mol. The Bertz CT molecular complexity index is 686. The molecule has 1 aromatic rings. The first-order chi connectivity index (χ1) is 13.3. The molecule has 1 fully saturated rings. The Morgan fingerprint density at radius 1 is 1.21 bits per heavy atom. The fourth-order valence-corrected chi connectivity index (χ4v) is 3.19. The number of hydrogen-bond acceptors (Lipinski definition) is 5. The third-order valence-corrected chi connectivity index (χ3v) is 5.16. The summed E-state index contributed by atoms with van der Waals surface area (Å²) in [6.45, 7) is 4.53. The maximum absolute atomic E-state index is 12.8. The summed E-state index contributed by atoms with van der Waals surface area (Å²) < 4.78 is 0. The minimum atomic E-state index is -1.16. The van der Waals surface area contributed by atoms with E-state index < -0.39 is 24.0 Å². The SMILES string of the molecule is CC[C@H](C)[C@H](NC(=O)[C@@H]1CCCN1)C(=O)N[C@@H](Cc1ccc(O)cc1)C(=O)O. The van der Waals surface area contributed by atoms with E-state index in [1.165, 1.54) is 12.1 Å². The number of benzene rings is 1. The molecule has 2 rings (SSSR count). The van der Waals surface area contributed by atoms with Gasteiger partial charge < -0.3 is 26.2 Å². The first-order valence-corrected chi connectivity index (χ1v) is 9.66. The third kappa shape index (κ3) is 5.95. The number of phenolic OH excluding ortho intramolecular Hbond substituents is 1. The summed E-state index contributed by atoms with van der Waals surface area (Å²) in [7, 11) is 0. The van der Waals surface area contributed by atoms with Crippen LogP contribution in [-0.4, -0.2) is 52.7 Å². The number of carbonyl (C=O) groups is 3. The van der Waals surface area contributed by atoms with E-state index in [1.807, 2.05) is 13.8 Å². The molecule has 1 heterocycles. The molecule has 0 radical (unpaired) electrons. The molecule has 1 aliphatic rings. The van der Waals surface area contributed by atoms with Crippen molar-refractivity contribution in [3.8, 4) is 5.75 Å². The van der Waals surface area contributed by atoms with Crippen LogP contribution in [0.3, 0.4) is 0 Å². The van der Waals surface area contributed by atoms with Crippen molar-refractivity contribution >= 4 is 17.8 Å². The summed E-state index contributed by atoms with van der Waals surface area (Å²) in [6, 6.07) is 3.90. The number of phenols is 1. The van der Waals surface area contributed by atoms with Gasteiger partial charge in [-0.05, 0) is 43.0 Å². The quantitative estimate of drug-likeness (QED) is 0.423. The molecule has 8 heteroatoms. The minimum Gasteiger partial charge on any atom is -0.508 e. The molecular formula is C20H29N3O5. The monoisotopic (exact) mass is 391 g/mol. The summed E-state index contributed by atoms with van der Waals surface area (Å²) in [4.78, 5) is 36.9. The van der Waals surface area contributed by atoms with Crippen molar-refractivity contribution in [1.29, 1.82) is 0 Å². The summed E-state index contributed by atoms with van der Waals surface area (Å²) in [6.07, 6.45) is 2.37. The number of nitrogens with one attached hydrogen (secondary N) is 3. The van der Waals surface area contributed by atoms with Crippen LogP contribution in [0.4, 0.5) is 0 Å². The van der Waals surface area contributed by atoms with Crippen LogP contribution in [0.25, 0.3) is 0 Å². The fraction of sp³-hybridized carbons (Fsp3) is 0.550. The Balaban J connectivity index is 2.06. The number of aromatic hydroxyl groups is 1. The van der Waals surface area contributed by atoms with E-state index >= 15 is 0 Å². The first kappa shape index (κ1) is 21.7. The highest BCUT2D eigenvalue weighted by atomic mass is 16.4. The zero-order valence-corrected chi connectivity index (χ0v) is 16.3. The van der Waals surface area contributed by atoms with Crippen LogP contribution in [0.1, 0.15) is 38.7 Å². The Hall–Kier alpha value is -2.61. The van der Waals surface area contributed by atoms with Gasteiger partial charge in [-0.2, -0.15) is 0 Å². The Morgan fingerprint density at radius 3 is 2.43 bits per heavy atom. The van der Waals surface area contributed by atoms with Gasteiger partial charge in [-0.25, -0.2) is 4.79 Å². The zero-order chi connectivity index (χ0) is 20.7. The summed E-state index contributed by atoms with van der Waals surface area (Å²) >= 11 is 0. The van der Waals surface area contributed by atoms with Crippen LogP contribution in [-0.2, 0) is 20.8 Å². The van der Waals surface area contributed by atoms with E-state index in [0.29, 0.717) is 12.0 Å². The maximum Gasteiger partial charge on any atom is 0.326 e. The van der Waals surface area contributed by atoms with Gasteiger partial charge >= 0.3 is 5.97 Å². The van der Waals surface area contributed by atoms with E-state index in [4.69, 9.17) is 0 Å². The van der Waals surface area contributed by atoms with Crippen molar-refractivity contribution in [2.24, 2.45) is 5.92 Å². The largest absolute Gasteiger partial charge is 0.508 e. The Morgan fingerprint density at radius 2 is 1.89 bits per heavy atom. The Kier molecular flexibility index (Phi) is 7.80. The van der Waals surface area contributed by atoms with E-state index in [0.717, 1.165) is 19.4 Å². The van der Waals surface area contributed by atoms with Gasteiger partial charge in [0, 0.05) is 6.42 Å². The lowest BCUT2D eigenvalue weighted by molar-refractivity contribution is -0.142. The molecule has 4 atom stereocenters. The van der Waals surface area contributed by atoms with Crippen molar-refractivity contribution in [2.75, 3.05) is 6.54 Å². The Labute approximate surface area is 164 Å². The highest BCUT2D eigenvalue weighted by molar-refractivity contribution is 5.92. The first-order valence-electron chi connectivity index (χ1n) is 9.66. The number of hydrogen-bond donors (Lipinski definition) is 5. The molecule has 1 aromatic carbocycles. The van der Waals surface area contributed by atoms with Gasteiger partial charge in [-0.3, -0.25) is 9.59 Å². The number of carboxylic acids is 1. The molecule has 0 saturated carbocycles. The predicted molar refractivity (Wildman–Crippen MR) is 104 cm³/mol. The molecule has 0 aliphatic carbocycles. The van der Waals surface area contributed by atoms with Gasteiger partial charge in [0.2, 0.25) is 11.8 Å². The van der Waals surface area contributed by atoms with E-state index in [2.05, 4.69) is 16.0 Å². The number of aliphatic carboxylic acids is 1. The van der Waals surface area contributed by atoms with Crippen LogP contribution in [0.15, 0.2) is 24.3 Å². The molecule has 2 amide bonds. The molecule has 5 N–H and O–H groups in total. The van der Waals surface area contributed by atoms with E-state index in [9.17, 15) is 24.6 Å². The topological polar surface area (TPSA) is 128 Å². The molecule has 1 saturated heterocycles. The van der Waals surface area contributed by atoms with Gasteiger partial charge in [0.1, 0.15) is 17.8 Å².